The molecule has 1 aliphatic heterocycles. The number of rotatable bonds is 5. The summed E-state index contributed by atoms with van der Waals surface area (Å²) in [5.74, 6) is 0. The van der Waals surface area contributed by atoms with E-state index < -0.39 is 18.4 Å². The highest BCUT2D eigenvalue weighted by Crippen LogP contribution is 2.31. The molecule has 164 valence electrons. The molecule has 6 nitrogen and oxygen atoms in total. The lowest BCUT2D eigenvalue weighted by Crippen LogP contribution is -2.52. The van der Waals surface area contributed by atoms with E-state index in [9.17, 15) is 9.59 Å². The van der Waals surface area contributed by atoms with Crippen molar-refractivity contribution in [1.29, 1.82) is 0 Å². The molecule has 0 atom stereocenters. The van der Waals surface area contributed by atoms with Crippen molar-refractivity contribution in [3.63, 3.8) is 0 Å². The molecule has 1 heterocycles. The molecule has 0 aromatic heterocycles. The van der Waals surface area contributed by atoms with Crippen molar-refractivity contribution in [3.8, 4) is 0 Å². The summed E-state index contributed by atoms with van der Waals surface area (Å²) >= 11 is 0. The molecule has 6 heteroatoms. The molecule has 0 aliphatic carbocycles. The summed E-state index contributed by atoms with van der Waals surface area (Å²) in [6.45, 7) is 1.34. The molecule has 3 aromatic rings. The highest BCUT2D eigenvalue weighted by molar-refractivity contribution is 5.72. The molecular weight excluding hydrogens is 404 g/mol. The lowest BCUT2D eigenvalue weighted by Gasteiger charge is -2.42. The molecule has 3 aromatic carbocycles. The first-order valence-electron chi connectivity index (χ1n) is 10.7. The summed E-state index contributed by atoms with van der Waals surface area (Å²) in [4.78, 5) is 29.3. The molecule has 4 rings (SSSR count). The lowest BCUT2D eigenvalue weighted by atomic mass is 10.1. The monoisotopic (exact) mass is 430 g/mol. The Hall–Kier alpha value is -3.80. The minimum Gasteiger partial charge on any atom is -0.444 e. The molecule has 1 fully saturated rings. The Kier molecular flexibility index (Phi) is 7.02. The number of amides is 2. The topological polar surface area (TPSA) is 59.1 Å². The van der Waals surface area contributed by atoms with Gasteiger partial charge in [-0.3, -0.25) is 9.80 Å². The van der Waals surface area contributed by atoms with Gasteiger partial charge in [-0.2, -0.15) is 0 Å². The number of nitrogens with zero attached hydrogens (tertiary/aromatic N) is 2. The van der Waals surface area contributed by atoms with Crippen molar-refractivity contribution in [2.45, 2.75) is 25.8 Å². The van der Waals surface area contributed by atoms with Crippen LogP contribution in [0.1, 0.15) is 29.3 Å². The van der Waals surface area contributed by atoms with Gasteiger partial charge in [0.25, 0.3) is 0 Å². The lowest BCUT2D eigenvalue weighted by molar-refractivity contribution is -0.00754. The quantitative estimate of drug-likeness (QED) is 0.546. The third-order valence-corrected chi connectivity index (χ3v) is 5.37. The molecule has 0 spiro atoms. The van der Waals surface area contributed by atoms with E-state index in [0.717, 1.165) is 16.7 Å². The van der Waals surface area contributed by atoms with Crippen molar-refractivity contribution >= 4 is 12.2 Å². The first-order chi connectivity index (χ1) is 15.7. The smallest absolute Gasteiger partial charge is 0.412 e. The minimum atomic E-state index is -0.587. The summed E-state index contributed by atoms with van der Waals surface area (Å²) in [7, 11) is 0. The van der Waals surface area contributed by atoms with E-state index in [0.29, 0.717) is 19.5 Å². The van der Waals surface area contributed by atoms with Gasteiger partial charge in [-0.05, 0) is 23.1 Å². The van der Waals surface area contributed by atoms with Crippen LogP contribution < -0.4 is 0 Å². The summed E-state index contributed by atoms with van der Waals surface area (Å²) in [6, 6.07) is 28.6. The molecule has 0 unspecified atom stereocenters. The Morgan fingerprint density at radius 1 is 0.656 bits per heavy atom. The standard InChI is InChI=1S/C26H26N2O4/c29-25(31-19-21-11-4-1-5-12-21)27-17-10-18-28(24(27)23-15-8-3-9-16-23)26(30)32-20-22-13-6-2-7-14-22/h1-9,11-16,24H,10,17-20H2. The molecule has 32 heavy (non-hydrogen) atoms. The predicted octanol–water partition coefficient (Wildman–Crippen LogP) is 5.37. The van der Waals surface area contributed by atoms with Gasteiger partial charge in [-0.25, -0.2) is 9.59 Å². The van der Waals surface area contributed by atoms with Crippen molar-refractivity contribution in [2.75, 3.05) is 13.1 Å². The zero-order valence-corrected chi connectivity index (χ0v) is 17.8. The van der Waals surface area contributed by atoms with Crippen LogP contribution in [0.5, 0.6) is 0 Å². The zero-order chi connectivity index (χ0) is 22.2. The molecule has 2 amide bonds. The Labute approximate surface area is 188 Å². The normalized spacial score (nSPS) is 14.1. The molecule has 1 aliphatic rings. The third-order valence-electron chi connectivity index (χ3n) is 5.37. The Morgan fingerprint density at radius 3 is 1.50 bits per heavy atom. The maximum absolute atomic E-state index is 13.0. The second-order valence-corrected chi connectivity index (χ2v) is 7.61. The molecular formula is C26H26N2O4. The maximum Gasteiger partial charge on any atom is 0.412 e. The van der Waals surface area contributed by atoms with E-state index in [1.54, 1.807) is 9.80 Å². The van der Waals surface area contributed by atoms with Crippen molar-refractivity contribution < 1.29 is 19.1 Å². The zero-order valence-electron chi connectivity index (χ0n) is 17.8. The third kappa shape index (κ3) is 5.27. The number of hydrogen-bond acceptors (Lipinski definition) is 4. The van der Waals surface area contributed by atoms with Crippen LogP contribution in [-0.4, -0.2) is 35.1 Å². The van der Waals surface area contributed by atoms with E-state index in [-0.39, 0.29) is 13.2 Å². The van der Waals surface area contributed by atoms with Crippen LogP contribution >= 0.6 is 0 Å². The van der Waals surface area contributed by atoms with E-state index in [4.69, 9.17) is 9.47 Å². The van der Waals surface area contributed by atoms with Crippen LogP contribution in [0.3, 0.4) is 0 Å². The van der Waals surface area contributed by atoms with E-state index in [1.165, 1.54) is 0 Å². The van der Waals surface area contributed by atoms with Crippen LogP contribution in [-0.2, 0) is 22.7 Å². The molecule has 0 saturated carbocycles. The van der Waals surface area contributed by atoms with Gasteiger partial charge in [-0.15, -0.1) is 0 Å². The van der Waals surface area contributed by atoms with Crippen LogP contribution in [0, 0.1) is 0 Å². The second kappa shape index (κ2) is 10.5. The first kappa shape index (κ1) is 21.4. The van der Waals surface area contributed by atoms with Gasteiger partial charge in [0.15, 0.2) is 0 Å². The number of carbonyl (C=O) groups is 2. The highest BCUT2D eigenvalue weighted by atomic mass is 16.6. The SMILES string of the molecule is O=C(OCc1ccccc1)N1CCCN(C(=O)OCc2ccccc2)C1c1ccccc1. The van der Waals surface area contributed by atoms with E-state index in [2.05, 4.69) is 0 Å². The van der Waals surface area contributed by atoms with Gasteiger partial charge in [-0.1, -0.05) is 91.0 Å². The maximum atomic E-state index is 13.0. The summed E-state index contributed by atoms with van der Waals surface area (Å²) in [5.41, 5.74) is 2.65. The van der Waals surface area contributed by atoms with Gasteiger partial charge in [0.2, 0.25) is 0 Å². The summed E-state index contributed by atoms with van der Waals surface area (Å²) in [6.07, 6.45) is -0.854. The number of benzene rings is 3. The Bertz CT molecular complexity index is 948. The number of ether oxygens (including phenoxy) is 2. The Morgan fingerprint density at radius 2 is 1.06 bits per heavy atom. The predicted molar refractivity (Wildman–Crippen MR) is 120 cm³/mol. The van der Waals surface area contributed by atoms with Crippen LogP contribution in [0.15, 0.2) is 91.0 Å². The summed E-state index contributed by atoms with van der Waals surface area (Å²) < 4.78 is 11.2. The van der Waals surface area contributed by atoms with Gasteiger partial charge >= 0.3 is 12.2 Å². The average Bonchev–Trinajstić information content (AvgIpc) is 2.87. The Balaban J connectivity index is 1.50. The number of carbonyl (C=O) groups excluding carboxylic acids is 2. The van der Waals surface area contributed by atoms with E-state index in [1.807, 2.05) is 91.0 Å². The fraction of sp³-hybridized carbons (Fsp3) is 0.231. The average molecular weight is 431 g/mol. The van der Waals surface area contributed by atoms with Crippen molar-refractivity contribution in [3.05, 3.63) is 108 Å². The molecule has 0 radical (unpaired) electrons. The minimum absolute atomic E-state index is 0.177. The van der Waals surface area contributed by atoms with Crippen LogP contribution in [0.2, 0.25) is 0 Å². The van der Waals surface area contributed by atoms with Crippen molar-refractivity contribution in [1.82, 2.24) is 9.80 Å². The van der Waals surface area contributed by atoms with Gasteiger partial charge < -0.3 is 9.47 Å². The van der Waals surface area contributed by atoms with Crippen molar-refractivity contribution in [2.24, 2.45) is 0 Å². The fourth-order valence-electron chi connectivity index (χ4n) is 3.80. The molecule has 0 N–H and O–H groups in total. The summed E-state index contributed by atoms with van der Waals surface area (Å²) in [5, 5.41) is 0. The second-order valence-electron chi connectivity index (χ2n) is 7.61. The van der Waals surface area contributed by atoms with Gasteiger partial charge in [0.1, 0.15) is 19.4 Å². The highest BCUT2D eigenvalue weighted by Gasteiger charge is 2.38. The van der Waals surface area contributed by atoms with Crippen LogP contribution in [0.4, 0.5) is 9.59 Å². The largest absolute Gasteiger partial charge is 0.444 e. The first-order valence-corrected chi connectivity index (χ1v) is 10.7. The van der Waals surface area contributed by atoms with E-state index >= 15 is 0 Å². The van der Waals surface area contributed by atoms with Gasteiger partial charge in [0.05, 0.1) is 0 Å². The molecule has 0 bridgehead atoms. The molecule has 1 saturated heterocycles. The van der Waals surface area contributed by atoms with Crippen LogP contribution in [0.25, 0.3) is 0 Å². The number of hydrogen-bond donors (Lipinski definition) is 0. The van der Waals surface area contributed by atoms with Gasteiger partial charge in [0, 0.05) is 13.1 Å². The fourth-order valence-corrected chi connectivity index (χ4v) is 3.80.